The second kappa shape index (κ2) is 8.10. The van der Waals surface area contributed by atoms with E-state index in [1.807, 2.05) is 0 Å². The van der Waals surface area contributed by atoms with Crippen LogP contribution in [0.3, 0.4) is 0 Å². The number of benzene rings is 1. The molecule has 2 aliphatic rings. The minimum absolute atomic E-state index is 0.0345. The predicted octanol–water partition coefficient (Wildman–Crippen LogP) is 2.82. The average Bonchev–Trinajstić information content (AvgIpc) is 3.06. The summed E-state index contributed by atoms with van der Waals surface area (Å²) in [5, 5.41) is 2.80. The number of rotatable bonds is 5. The highest BCUT2D eigenvalue weighted by Gasteiger charge is 2.47. The summed E-state index contributed by atoms with van der Waals surface area (Å²) in [4.78, 5) is 27.4. The molecule has 0 aromatic heterocycles. The van der Waals surface area contributed by atoms with E-state index in [2.05, 4.69) is 5.32 Å². The molecule has 1 saturated carbocycles. The Morgan fingerprint density at radius 3 is 2.56 bits per heavy atom. The molecule has 8 heteroatoms. The molecule has 148 valence electrons. The maximum Gasteiger partial charge on any atom is 0.277 e. The number of likely N-dealkylation sites (tertiary alicyclic amines) is 1. The lowest BCUT2D eigenvalue weighted by Gasteiger charge is -2.33. The fourth-order valence-corrected chi connectivity index (χ4v) is 4.26. The summed E-state index contributed by atoms with van der Waals surface area (Å²) in [6, 6.07) is 5.72. The van der Waals surface area contributed by atoms with Crippen molar-refractivity contribution in [2.24, 2.45) is 11.7 Å². The van der Waals surface area contributed by atoms with Crippen molar-refractivity contribution in [2.75, 3.05) is 13.1 Å². The molecule has 0 spiro atoms. The SMILES string of the molecule is NCC(F)(F)CNC(=O)C1CC2CCCCC2N1C(=O)c1ccc(Cl)cc1. The first kappa shape index (κ1) is 20.0. The maximum atomic E-state index is 13.4. The fraction of sp³-hybridized carbons (Fsp3) is 0.579. The lowest BCUT2D eigenvalue weighted by Crippen LogP contribution is -2.52. The number of hydrogen-bond acceptors (Lipinski definition) is 3. The molecule has 27 heavy (non-hydrogen) atoms. The summed E-state index contributed by atoms with van der Waals surface area (Å²) in [5.41, 5.74) is 5.47. The monoisotopic (exact) mass is 399 g/mol. The summed E-state index contributed by atoms with van der Waals surface area (Å²) in [6.45, 7) is -1.66. The zero-order chi connectivity index (χ0) is 19.6. The number of amides is 2. The van der Waals surface area contributed by atoms with Gasteiger partial charge in [0.05, 0.1) is 13.1 Å². The lowest BCUT2D eigenvalue weighted by atomic mass is 9.84. The van der Waals surface area contributed by atoms with E-state index in [1.165, 1.54) is 0 Å². The molecule has 0 radical (unpaired) electrons. The number of halogens is 3. The van der Waals surface area contributed by atoms with E-state index in [-0.39, 0.29) is 17.9 Å². The third kappa shape index (κ3) is 4.41. The molecular weight excluding hydrogens is 376 g/mol. The van der Waals surface area contributed by atoms with Crippen LogP contribution in [0.2, 0.25) is 5.02 Å². The second-order valence-electron chi connectivity index (χ2n) is 7.36. The minimum atomic E-state index is -3.16. The van der Waals surface area contributed by atoms with Crippen molar-refractivity contribution in [1.82, 2.24) is 10.2 Å². The van der Waals surface area contributed by atoms with Crippen molar-refractivity contribution in [1.29, 1.82) is 0 Å². The number of nitrogens with one attached hydrogen (secondary N) is 1. The molecule has 0 bridgehead atoms. The molecule has 1 aromatic rings. The number of alkyl halides is 2. The second-order valence-corrected chi connectivity index (χ2v) is 7.80. The zero-order valence-electron chi connectivity index (χ0n) is 15.0. The summed E-state index contributed by atoms with van der Waals surface area (Å²) < 4.78 is 26.8. The smallest absolute Gasteiger partial charge is 0.277 e. The van der Waals surface area contributed by atoms with Gasteiger partial charge in [-0.15, -0.1) is 0 Å². The zero-order valence-corrected chi connectivity index (χ0v) is 15.7. The van der Waals surface area contributed by atoms with Gasteiger partial charge in [-0.25, -0.2) is 8.78 Å². The predicted molar refractivity (Wildman–Crippen MR) is 98.8 cm³/mol. The Kier molecular flexibility index (Phi) is 6.01. The molecule has 1 saturated heterocycles. The van der Waals surface area contributed by atoms with Gasteiger partial charge in [-0.1, -0.05) is 24.4 Å². The standard InChI is InChI=1S/C19H24ClF2N3O2/c20-14-7-5-12(6-8-14)18(27)25-15-4-2-1-3-13(15)9-16(25)17(26)24-11-19(21,22)10-23/h5-8,13,15-16H,1-4,9-11,23H2,(H,24,26). The molecule has 5 nitrogen and oxygen atoms in total. The highest BCUT2D eigenvalue weighted by molar-refractivity contribution is 6.30. The van der Waals surface area contributed by atoms with Crippen LogP contribution in [-0.2, 0) is 4.79 Å². The van der Waals surface area contributed by atoms with Gasteiger partial charge in [-0.2, -0.15) is 0 Å². The van der Waals surface area contributed by atoms with E-state index in [4.69, 9.17) is 17.3 Å². The Labute approximate surface area is 162 Å². The topological polar surface area (TPSA) is 75.4 Å². The molecule has 3 N–H and O–H groups in total. The molecular formula is C19H24ClF2N3O2. The third-order valence-electron chi connectivity index (χ3n) is 5.54. The van der Waals surface area contributed by atoms with Crippen LogP contribution in [0, 0.1) is 5.92 Å². The van der Waals surface area contributed by atoms with Gasteiger partial charge in [-0.05, 0) is 49.4 Å². The Morgan fingerprint density at radius 1 is 1.22 bits per heavy atom. The minimum Gasteiger partial charge on any atom is -0.348 e. The first-order valence-electron chi connectivity index (χ1n) is 9.26. The molecule has 2 fully saturated rings. The van der Waals surface area contributed by atoms with Crippen LogP contribution < -0.4 is 11.1 Å². The summed E-state index contributed by atoms with van der Waals surface area (Å²) >= 11 is 5.89. The highest BCUT2D eigenvalue weighted by Crippen LogP contribution is 2.40. The molecule has 3 rings (SSSR count). The van der Waals surface area contributed by atoms with Gasteiger partial charge in [-0.3, -0.25) is 9.59 Å². The van der Waals surface area contributed by atoms with Crippen LogP contribution in [-0.4, -0.2) is 47.8 Å². The Hall–Kier alpha value is -1.73. The Balaban J connectivity index is 1.81. The van der Waals surface area contributed by atoms with Crippen LogP contribution in [0.15, 0.2) is 24.3 Å². The number of hydrogen-bond donors (Lipinski definition) is 2. The van der Waals surface area contributed by atoms with Crippen molar-refractivity contribution >= 4 is 23.4 Å². The van der Waals surface area contributed by atoms with E-state index in [0.29, 0.717) is 17.0 Å². The van der Waals surface area contributed by atoms with Gasteiger partial charge < -0.3 is 16.0 Å². The summed E-state index contributed by atoms with van der Waals surface area (Å²) in [5.74, 6) is -3.74. The van der Waals surface area contributed by atoms with Gasteiger partial charge in [0.1, 0.15) is 6.04 Å². The van der Waals surface area contributed by atoms with Crippen LogP contribution in [0.1, 0.15) is 42.5 Å². The Bertz CT molecular complexity index is 699. The van der Waals surface area contributed by atoms with Crippen molar-refractivity contribution in [3.63, 3.8) is 0 Å². The first-order chi connectivity index (χ1) is 12.8. The molecule has 1 aliphatic carbocycles. The average molecular weight is 400 g/mol. The van der Waals surface area contributed by atoms with Gasteiger partial charge >= 0.3 is 0 Å². The van der Waals surface area contributed by atoms with Crippen molar-refractivity contribution in [3.8, 4) is 0 Å². The van der Waals surface area contributed by atoms with Crippen LogP contribution in [0.5, 0.6) is 0 Å². The summed E-state index contributed by atoms with van der Waals surface area (Å²) in [6.07, 6.45) is 4.32. The normalized spacial score (nSPS) is 25.2. The van der Waals surface area contributed by atoms with Crippen LogP contribution in [0.4, 0.5) is 8.78 Å². The van der Waals surface area contributed by atoms with Crippen molar-refractivity contribution < 1.29 is 18.4 Å². The number of carbonyl (C=O) groups excluding carboxylic acids is 2. The van der Waals surface area contributed by atoms with Crippen molar-refractivity contribution in [3.05, 3.63) is 34.9 Å². The quantitative estimate of drug-likeness (QED) is 0.799. The molecule has 3 atom stereocenters. The Morgan fingerprint density at radius 2 is 1.89 bits per heavy atom. The van der Waals surface area contributed by atoms with E-state index < -0.39 is 31.0 Å². The highest BCUT2D eigenvalue weighted by atomic mass is 35.5. The molecule has 1 heterocycles. The van der Waals surface area contributed by atoms with E-state index >= 15 is 0 Å². The molecule has 2 amide bonds. The van der Waals surface area contributed by atoms with Crippen LogP contribution in [0.25, 0.3) is 0 Å². The third-order valence-corrected chi connectivity index (χ3v) is 5.79. The first-order valence-corrected chi connectivity index (χ1v) is 9.64. The van der Waals surface area contributed by atoms with Gasteiger partial charge in [0.2, 0.25) is 5.91 Å². The van der Waals surface area contributed by atoms with E-state index in [1.54, 1.807) is 29.2 Å². The molecule has 3 unspecified atom stereocenters. The van der Waals surface area contributed by atoms with Crippen LogP contribution >= 0.6 is 11.6 Å². The maximum absolute atomic E-state index is 13.4. The largest absolute Gasteiger partial charge is 0.348 e. The van der Waals surface area contributed by atoms with Gasteiger partial charge in [0, 0.05) is 16.6 Å². The van der Waals surface area contributed by atoms with E-state index in [9.17, 15) is 18.4 Å². The van der Waals surface area contributed by atoms with Crippen molar-refractivity contribution in [2.45, 2.75) is 50.1 Å². The lowest BCUT2D eigenvalue weighted by molar-refractivity contribution is -0.127. The van der Waals surface area contributed by atoms with Gasteiger partial charge in [0.15, 0.2) is 0 Å². The van der Waals surface area contributed by atoms with E-state index in [0.717, 1.165) is 25.7 Å². The fourth-order valence-electron chi connectivity index (χ4n) is 4.13. The number of nitrogens with two attached hydrogens (primary N) is 1. The van der Waals surface area contributed by atoms with Gasteiger partial charge in [0.25, 0.3) is 11.8 Å². The number of carbonyl (C=O) groups is 2. The summed E-state index contributed by atoms with van der Waals surface area (Å²) in [7, 11) is 0. The molecule has 1 aliphatic heterocycles. The number of nitrogens with zero attached hydrogens (tertiary/aromatic N) is 1. The number of fused-ring (bicyclic) bond motifs is 1. The molecule has 1 aromatic carbocycles.